The molecule has 1 aromatic heterocycles. The number of carboxylic acids is 1. The van der Waals surface area contributed by atoms with Gasteiger partial charge in [0.05, 0.1) is 6.20 Å². The first kappa shape index (κ1) is 14.5. The first-order valence-corrected chi connectivity index (χ1v) is 6.97. The lowest BCUT2D eigenvalue weighted by atomic mass is 10.1. The summed E-state index contributed by atoms with van der Waals surface area (Å²) in [7, 11) is 1.81. The fourth-order valence-electron chi connectivity index (χ4n) is 2.57. The number of rotatable bonds is 4. The van der Waals surface area contributed by atoms with Gasteiger partial charge in [-0.05, 0) is 12.8 Å². The molecule has 1 heterocycles. The molecule has 0 aromatic carbocycles. The van der Waals surface area contributed by atoms with Gasteiger partial charge in [-0.1, -0.05) is 30.9 Å². The quantitative estimate of drug-likeness (QED) is 0.836. The third kappa shape index (κ3) is 3.55. The minimum Gasteiger partial charge on any atom is -0.476 e. The number of carbonyl (C=O) groups excluding carboxylic acids is 1. The normalized spacial score (nSPS) is 16.6. The van der Waals surface area contributed by atoms with Crippen molar-refractivity contribution < 1.29 is 14.7 Å². The summed E-state index contributed by atoms with van der Waals surface area (Å²) in [4.78, 5) is 24.7. The molecule has 1 aliphatic rings. The topological polar surface area (TPSA) is 88.3 Å². The monoisotopic (exact) mass is 280 g/mol. The van der Waals surface area contributed by atoms with Crippen LogP contribution in [0.5, 0.6) is 0 Å². The Hall–Kier alpha value is -1.92. The van der Waals surface area contributed by atoms with Crippen LogP contribution in [0.15, 0.2) is 6.20 Å². The molecule has 1 N–H and O–H groups in total. The van der Waals surface area contributed by atoms with E-state index in [1.165, 1.54) is 23.7 Å². The van der Waals surface area contributed by atoms with Crippen molar-refractivity contribution in [3.8, 4) is 0 Å². The van der Waals surface area contributed by atoms with E-state index in [4.69, 9.17) is 5.11 Å². The minimum absolute atomic E-state index is 0.0350. The molecule has 1 aromatic rings. The van der Waals surface area contributed by atoms with Gasteiger partial charge in [0, 0.05) is 13.1 Å². The van der Waals surface area contributed by atoms with E-state index in [9.17, 15) is 9.59 Å². The van der Waals surface area contributed by atoms with Crippen LogP contribution in [-0.2, 0) is 11.3 Å². The third-order valence-corrected chi connectivity index (χ3v) is 3.82. The Morgan fingerprint density at radius 2 is 2.00 bits per heavy atom. The lowest BCUT2D eigenvalue weighted by molar-refractivity contribution is -0.133. The zero-order valence-corrected chi connectivity index (χ0v) is 11.7. The molecular weight excluding hydrogens is 260 g/mol. The Balaban J connectivity index is 1.93. The Morgan fingerprint density at radius 3 is 2.55 bits per heavy atom. The number of amides is 1. The van der Waals surface area contributed by atoms with Crippen LogP contribution in [0.3, 0.4) is 0 Å². The maximum Gasteiger partial charge on any atom is 0.358 e. The Bertz CT molecular complexity index is 478. The molecule has 1 fully saturated rings. The number of hydrogen-bond acceptors (Lipinski definition) is 4. The van der Waals surface area contributed by atoms with Gasteiger partial charge in [0.25, 0.3) is 0 Å². The standard InChI is InChI=1S/C13H20N4O3/c1-16(10-6-4-2-3-5-7-10)12(18)9-17-8-11(13(19)20)14-15-17/h8,10H,2-7,9H2,1H3,(H,19,20). The van der Waals surface area contributed by atoms with Crippen LogP contribution in [-0.4, -0.2) is 50.0 Å². The molecule has 1 amide bonds. The summed E-state index contributed by atoms with van der Waals surface area (Å²) in [6.07, 6.45) is 8.16. The molecule has 2 rings (SSSR count). The molecule has 110 valence electrons. The molecule has 0 unspecified atom stereocenters. The molecule has 0 bridgehead atoms. The smallest absolute Gasteiger partial charge is 0.358 e. The fourth-order valence-corrected chi connectivity index (χ4v) is 2.57. The zero-order chi connectivity index (χ0) is 14.5. The zero-order valence-electron chi connectivity index (χ0n) is 11.7. The van der Waals surface area contributed by atoms with Gasteiger partial charge < -0.3 is 10.0 Å². The summed E-state index contributed by atoms with van der Waals surface area (Å²) >= 11 is 0. The SMILES string of the molecule is CN(C(=O)Cn1cc(C(=O)O)nn1)C1CCCCCC1. The van der Waals surface area contributed by atoms with E-state index < -0.39 is 5.97 Å². The summed E-state index contributed by atoms with van der Waals surface area (Å²) in [5.74, 6) is -1.19. The maximum atomic E-state index is 12.2. The molecule has 0 spiro atoms. The highest BCUT2D eigenvalue weighted by Crippen LogP contribution is 2.21. The van der Waals surface area contributed by atoms with Crippen LogP contribution in [0, 0.1) is 0 Å². The van der Waals surface area contributed by atoms with E-state index in [1.807, 2.05) is 7.05 Å². The van der Waals surface area contributed by atoms with E-state index in [2.05, 4.69) is 10.3 Å². The summed E-state index contributed by atoms with van der Waals surface area (Å²) in [6.45, 7) is 0.0350. The van der Waals surface area contributed by atoms with Gasteiger partial charge in [0.1, 0.15) is 6.54 Å². The minimum atomic E-state index is -1.14. The van der Waals surface area contributed by atoms with E-state index in [0.29, 0.717) is 0 Å². The summed E-state index contributed by atoms with van der Waals surface area (Å²) < 4.78 is 1.28. The molecule has 20 heavy (non-hydrogen) atoms. The molecule has 1 aliphatic carbocycles. The second kappa shape index (κ2) is 6.49. The number of likely N-dealkylation sites (N-methyl/N-ethyl adjacent to an activating group) is 1. The second-order valence-electron chi connectivity index (χ2n) is 5.26. The van der Waals surface area contributed by atoms with E-state index in [1.54, 1.807) is 4.90 Å². The van der Waals surface area contributed by atoms with Crippen LogP contribution in [0.2, 0.25) is 0 Å². The Kier molecular flexibility index (Phi) is 4.70. The lowest BCUT2D eigenvalue weighted by Crippen LogP contribution is -2.38. The fraction of sp³-hybridized carbons (Fsp3) is 0.692. The highest BCUT2D eigenvalue weighted by molar-refractivity contribution is 5.84. The van der Waals surface area contributed by atoms with Crippen molar-refractivity contribution in [2.45, 2.75) is 51.1 Å². The van der Waals surface area contributed by atoms with Crippen molar-refractivity contribution in [3.63, 3.8) is 0 Å². The highest BCUT2D eigenvalue weighted by atomic mass is 16.4. The number of aromatic carboxylic acids is 1. The largest absolute Gasteiger partial charge is 0.476 e. The number of nitrogens with zero attached hydrogens (tertiary/aromatic N) is 4. The summed E-state index contributed by atoms with van der Waals surface area (Å²) in [5.41, 5.74) is -0.144. The predicted octanol–water partition coefficient (Wildman–Crippen LogP) is 1.16. The van der Waals surface area contributed by atoms with Crippen molar-refractivity contribution in [1.29, 1.82) is 0 Å². The molecular formula is C13H20N4O3. The number of carbonyl (C=O) groups is 2. The predicted molar refractivity (Wildman–Crippen MR) is 71.2 cm³/mol. The van der Waals surface area contributed by atoms with Crippen LogP contribution in [0.4, 0.5) is 0 Å². The van der Waals surface area contributed by atoms with Crippen LogP contribution >= 0.6 is 0 Å². The van der Waals surface area contributed by atoms with Gasteiger partial charge in [-0.15, -0.1) is 5.10 Å². The number of hydrogen-bond donors (Lipinski definition) is 1. The van der Waals surface area contributed by atoms with Gasteiger partial charge in [-0.3, -0.25) is 4.79 Å². The lowest BCUT2D eigenvalue weighted by Gasteiger charge is -2.27. The average molecular weight is 280 g/mol. The van der Waals surface area contributed by atoms with Gasteiger partial charge in [-0.2, -0.15) is 0 Å². The molecule has 0 radical (unpaired) electrons. The molecule has 7 heteroatoms. The van der Waals surface area contributed by atoms with E-state index in [-0.39, 0.29) is 24.2 Å². The summed E-state index contributed by atoms with van der Waals surface area (Å²) in [5, 5.41) is 15.9. The maximum absolute atomic E-state index is 12.2. The van der Waals surface area contributed by atoms with E-state index >= 15 is 0 Å². The van der Waals surface area contributed by atoms with Crippen molar-refractivity contribution in [1.82, 2.24) is 19.9 Å². The molecule has 7 nitrogen and oxygen atoms in total. The molecule has 1 saturated carbocycles. The first-order chi connectivity index (χ1) is 9.58. The van der Waals surface area contributed by atoms with E-state index in [0.717, 1.165) is 25.7 Å². The van der Waals surface area contributed by atoms with Crippen molar-refractivity contribution in [3.05, 3.63) is 11.9 Å². The van der Waals surface area contributed by atoms with Crippen molar-refractivity contribution >= 4 is 11.9 Å². The average Bonchev–Trinajstić information content (AvgIpc) is 2.72. The summed E-state index contributed by atoms with van der Waals surface area (Å²) in [6, 6.07) is 0.285. The second-order valence-corrected chi connectivity index (χ2v) is 5.26. The van der Waals surface area contributed by atoms with Crippen molar-refractivity contribution in [2.24, 2.45) is 0 Å². The van der Waals surface area contributed by atoms with Gasteiger partial charge in [0.15, 0.2) is 5.69 Å². The van der Waals surface area contributed by atoms with Gasteiger partial charge in [-0.25, -0.2) is 9.48 Å². The molecule has 0 aliphatic heterocycles. The van der Waals surface area contributed by atoms with Crippen LogP contribution in [0.1, 0.15) is 49.0 Å². The highest BCUT2D eigenvalue weighted by Gasteiger charge is 2.22. The van der Waals surface area contributed by atoms with Crippen LogP contribution in [0.25, 0.3) is 0 Å². The third-order valence-electron chi connectivity index (χ3n) is 3.82. The Morgan fingerprint density at radius 1 is 1.35 bits per heavy atom. The number of carboxylic acid groups (broad SMARTS) is 1. The number of aromatic nitrogens is 3. The Labute approximate surface area is 117 Å². The van der Waals surface area contributed by atoms with Gasteiger partial charge >= 0.3 is 5.97 Å². The van der Waals surface area contributed by atoms with Crippen LogP contribution < -0.4 is 0 Å². The van der Waals surface area contributed by atoms with Crippen molar-refractivity contribution in [2.75, 3.05) is 7.05 Å². The molecule has 0 saturated heterocycles. The molecule has 0 atom stereocenters. The first-order valence-electron chi connectivity index (χ1n) is 6.97. The van der Waals surface area contributed by atoms with Gasteiger partial charge in [0.2, 0.25) is 5.91 Å².